The normalized spacial score (nSPS) is 16.6. The molecule has 136 valence electrons. The molecule has 2 rings (SSSR count). The van der Waals surface area contributed by atoms with Crippen LogP contribution in [0.5, 0.6) is 5.75 Å². The van der Waals surface area contributed by atoms with E-state index in [0.717, 1.165) is 28.9 Å². The summed E-state index contributed by atoms with van der Waals surface area (Å²) in [6.07, 6.45) is 1.22. The molecule has 1 aromatic rings. The van der Waals surface area contributed by atoms with Gasteiger partial charge in [0.25, 0.3) is 0 Å². The zero-order valence-corrected chi connectivity index (χ0v) is 16.8. The van der Waals surface area contributed by atoms with Gasteiger partial charge in [-0.15, -0.1) is 0 Å². The molecule has 0 saturated carbocycles. The Morgan fingerprint density at radius 3 is 2.52 bits per heavy atom. The largest absolute Gasteiger partial charge is 0.496 e. The highest BCUT2D eigenvalue weighted by Crippen LogP contribution is 2.26. The first-order valence-corrected chi connectivity index (χ1v) is 9.49. The van der Waals surface area contributed by atoms with Gasteiger partial charge in [-0.2, -0.15) is 5.26 Å². The molecule has 25 heavy (non-hydrogen) atoms. The van der Waals surface area contributed by atoms with E-state index in [2.05, 4.69) is 40.7 Å². The average molecular weight is 408 g/mol. The smallest absolute Gasteiger partial charge is 0.222 e. The topological polar surface area (TPSA) is 56.6 Å². The zero-order chi connectivity index (χ0) is 18.4. The number of halogens is 1. The van der Waals surface area contributed by atoms with Gasteiger partial charge >= 0.3 is 0 Å². The van der Waals surface area contributed by atoms with E-state index in [4.69, 9.17) is 4.74 Å². The van der Waals surface area contributed by atoms with E-state index in [1.807, 2.05) is 23.1 Å². The molecule has 0 aliphatic carbocycles. The minimum Gasteiger partial charge on any atom is -0.496 e. The zero-order valence-electron chi connectivity index (χ0n) is 15.2. The summed E-state index contributed by atoms with van der Waals surface area (Å²) in [5.41, 5.74) is 1.11. The van der Waals surface area contributed by atoms with Crippen molar-refractivity contribution in [3.63, 3.8) is 0 Å². The Hall–Kier alpha value is -1.58. The van der Waals surface area contributed by atoms with E-state index in [1.165, 1.54) is 0 Å². The van der Waals surface area contributed by atoms with E-state index in [1.54, 1.807) is 7.11 Å². The SMILES string of the molecule is COc1ccc(CCC(=O)N2CCN(C(C#N)C(C)C)CC2)cc1Br. The highest BCUT2D eigenvalue weighted by molar-refractivity contribution is 9.10. The lowest BCUT2D eigenvalue weighted by molar-refractivity contribution is -0.133. The van der Waals surface area contributed by atoms with Crippen LogP contribution in [0.25, 0.3) is 0 Å². The lowest BCUT2D eigenvalue weighted by Gasteiger charge is -2.38. The molecule has 1 aromatic carbocycles. The summed E-state index contributed by atoms with van der Waals surface area (Å²) in [5, 5.41) is 9.31. The molecule has 1 saturated heterocycles. The lowest BCUT2D eigenvalue weighted by atomic mass is 10.0. The van der Waals surface area contributed by atoms with Gasteiger partial charge in [0.2, 0.25) is 5.91 Å². The highest BCUT2D eigenvalue weighted by atomic mass is 79.9. The monoisotopic (exact) mass is 407 g/mol. The van der Waals surface area contributed by atoms with Gasteiger partial charge in [0, 0.05) is 32.6 Å². The Morgan fingerprint density at radius 1 is 1.32 bits per heavy atom. The van der Waals surface area contributed by atoms with Gasteiger partial charge in [-0.05, 0) is 46.0 Å². The maximum absolute atomic E-state index is 12.5. The fourth-order valence-corrected chi connectivity index (χ4v) is 3.76. The summed E-state index contributed by atoms with van der Waals surface area (Å²) in [7, 11) is 1.64. The van der Waals surface area contributed by atoms with Crippen LogP contribution < -0.4 is 4.74 Å². The minimum atomic E-state index is -0.0612. The number of nitrogens with zero attached hydrogens (tertiary/aromatic N) is 3. The maximum atomic E-state index is 12.5. The van der Waals surface area contributed by atoms with Crippen LogP contribution in [-0.2, 0) is 11.2 Å². The van der Waals surface area contributed by atoms with Crippen molar-refractivity contribution in [2.75, 3.05) is 33.3 Å². The number of carbonyl (C=O) groups excluding carboxylic acids is 1. The number of piperazine rings is 1. The number of hydrogen-bond acceptors (Lipinski definition) is 4. The fraction of sp³-hybridized carbons (Fsp3) is 0.579. The molecule has 1 amide bonds. The molecule has 0 spiro atoms. The van der Waals surface area contributed by atoms with Crippen LogP contribution >= 0.6 is 15.9 Å². The molecule has 1 unspecified atom stereocenters. The second-order valence-corrected chi connectivity index (χ2v) is 7.56. The van der Waals surface area contributed by atoms with Crippen molar-refractivity contribution in [3.05, 3.63) is 28.2 Å². The highest BCUT2D eigenvalue weighted by Gasteiger charge is 2.27. The molecule has 5 nitrogen and oxygen atoms in total. The number of benzene rings is 1. The first kappa shape index (κ1) is 19.7. The molecule has 0 aromatic heterocycles. The maximum Gasteiger partial charge on any atom is 0.222 e. The van der Waals surface area contributed by atoms with Crippen molar-refractivity contribution < 1.29 is 9.53 Å². The molecule has 1 fully saturated rings. The van der Waals surface area contributed by atoms with Crippen LogP contribution in [-0.4, -0.2) is 55.0 Å². The number of ether oxygens (including phenoxy) is 1. The molecule has 0 N–H and O–H groups in total. The van der Waals surface area contributed by atoms with Crippen LogP contribution in [0.4, 0.5) is 0 Å². The summed E-state index contributed by atoms with van der Waals surface area (Å²) >= 11 is 3.48. The first-order valence-electron chi connectivity index (χ1n) is 8.70. The quantitative estimate of drug-likeness (QED) is 0.726. The number of amides is 1. The first-order chi connectivity index (χ1) is 12.0. The number of carbonyl (C=O) groups is 1. The summed E-state index contributed by atoms with van der Waals surface area (Å²) in [4.78, 5) is 16.6. The van der Waals surface area contributed by atoms with Gasteiger partial charge in [0.05, 0.1) is 17.7 Å². The third-order valence-corrected chi connectivity index (χ3v) is 5.29. The van der Waals surface area contributed by atoms with Gasteiger partial charge < -0.3 is 9.64 Å². The molecule has 0 radical (unpaired) electrons. The third-order valence-electron chi connectivity index (χ3n) is 4.67. The molecule has 1 aliphatic heterocycles. The third kappa shape index (κ3) is 5.20. The Kier molecular flexibility index (Phi) is 7.27. The number of methoxy groups -OCH3 is 1. The van der Waals surface area contributed by atoms with E-state index >= 15 is 0 Å². The number of hydrogen-bond donors (Lipinski definition) is 0. The van der Waals surface area contributed by atoms with Crippen LogP contribution in [0.1, 0.15) is 25.8 Å². The van der Waals surface area contributed by atoms with Crippen LogP contribution in [0.3, 0.4) is 0 Å². The molecular weight excluding hydrogens is 382 g/mol. The second-order valence-electron chi connectivity index (χ2n) is 6.70. The number of nitriles is 1. The molecule has 1 aliphatic rings. The minimum absolute atomic E-state index is 0.0612. The number of rotatable bonds is 6. The van der Waals surface area contributed by atoms with Gasteiger partial charge in [-0.1, -0.05) is 19.9 Å². The van der Waals surface area contributed by atoms with Crippen molar-refractivity contribution >= 4 is 21.8 Å². The summed E-state index contributed by atoms with van der Waals surface area (Å²) in [6, 6.07) is 8.24. The molecule has 0 bridgehead atoms. The van der Waals surface area contributed by atoms with Crippen molar-refractivity contribution in [2.45, 2.75) is 32.7 Å². The van der Waals surface area contributed by atoms with Crippen LogP contribution in [0.15, 0.2) is 22.7 Å². The van der Waals surface area contributed by atoms with E-state index in [0.29, 0.717) is 31.8 Å². The Labute approximate surface area is 158 Å². The van der Waals surface area contributed by atoms with Crippen LogP contribution in [0.2, 0.25) is 0 Å². The Morgan fingerprint density at radius 2 is 2.00 bits per heavy atom. The molecule has 6 heteroatoms. The predicted molar refractivity (Wildman–Crippen MR) is 101 cm³/mol. The predicted octanol–water partition coefficient (Wildman–Crippen LogP) is 3.08. The molecule has 1 atom stereocenters. The van der Waals surface area contributed by atoms with Crippen molar-refractivity contribution in [1.82, 2.24) is 9.80 Å². The lowest BCUT2D eigenvalue weighted by Crippen LogP contribution is -2.52. The molecule has 1 heterocycles. The van der Waals surface area contributed by atoms with E-state index in [-0.39, 0.29) is 11.9 Å². The van der Waals surface area contributed by atoms with Gasteiger partial charge in [-0.3, -0.25) is 9.69 Å². The van der Waals surface area contributed by atoms with Gasteiger partial charge in [-0.25, -0.2) is 0 Å². The standard InChI is InChI=1S/C19H26BrN3O2/c1-14(2)17(13-21)22-8-10-23(11-9-22)19(24)7-5-15-4-6-18(25-3)16(20)12-15/h4,6,12,14,17H,5,7-11H2,1-3H3. The summed E-state index contributed by atoms with van der Waals surface area (Å²) in [5.74, 6) is 1.29. The van der Waals surface area contributed by atoms with Gasteiger partial charge in [0.1, 0.15) is 11.8 Å². The van der Waals surface area contributed by atoms with Crippen LogP contribution in [0, 0.1) is 17.2 Å². The number of aryl methyl sites for hydroxylation is 1. The van der Waals surface area contributed by atoms with Crippen molar-refractivity contribution in [2.24, 2.45) is 5.92 Å². The van der Waals surface area contributed by atoms with Crippen molar-refractivity contribution in [3.8, 4) is 11.8 Å². The van der Waals surface area contributed by atoms with Gasteiger partial charge in [0.15, 0.2) is 0 Å². The second kappa shape index (κ2) is 9.21. The molecular formula is C19H26BrN3O2. The average Bonchev–Trinajstić information content (AvgIpc) is 2.60. The summed E-state index contributed by atoms with van der Waals surface area (Å²) < 4.78 is 6.13. The van der Waals surface area contributed by atoms with Crippen molar-refractivity contribution in [1.29, 1.82) is 5.26 Å². The van der Waals surface area contributed by atoms with E-state index < -0.39 is 0 Å². The van der Waals surface area contributed by atoms with E-state index in [9.17, 15) is 10.1 Å². The Balaban J connectivity index is 1.83. The Bertz CT molecular complexity index is 634. The summed E-state index contributed by atoms with van der Waals surface area (Å²) in [6.45, 7) is 7.09. The fourth-order valence-electron chi connectivity index (χ4n) is 3.18.